The van der Waals surface area contributed by atoms with Gasteiger partial charge in [0.25, 0.3) is 0 Å². The van der Waals surface area contributed by atoms with Crippen LogP contribution in [-0.4, -0.2) is 43.1 Å². The number of benzene rings is 1. The number of anilines is 1. The zero-order valence-electron chi connectivity index (χ0n) is 25.7. The van der Waals surface area contributed by atoms with E-state index < -0.39 is 29.4 Å². The minimum atomic E-state index is -1.00. The van der Waals surface area contributed by atoms with Crippen molar-refractivity contribution in [2.45, 2.75) is 124 Å². The van der Waals surface area contributed by atoms with Crippen LogP contribution < -0.4 is 15.5 Å². The summed E-state index contributed by atoms with van der Waals surface area (Å²) in [6.07, 6.45) is 12.0. The maximum atomic E-state index is 14.3. The Morgan fingerprint density at radius 3 is 1.93 bits per heavy atom. The van der Waals surface area contributed by atoms with Crippen molar-refractivity contribution in [2.75, 3.05) is 18.0 Å². The van der Waals surface area contributed by atoms with E-state index in [4.69, 9.17) is 0 Å². The predicted octanol–water partition coefficient (Wildman–Crippen LogP) is 6.49. The standard InChI is InChI=1S/C15H14F2N3O3.C8H16O.C6H14.C2H6.Os/c16-11-3-9(20-5-8(6-20)18-7-21)4-12(17)14(11)10-1-2-13(22)19-15(10)23;1-3-5-7-8(9)6-4-2;1-3-5-6-4-2;1-2;/h3-4,8,10H,1-2,5-6H2,(H,18,21)(H,19,22,23);3-7H2,1-2H3;3-6H2,1-2H3;1-2H3;/q-1;;;;+1. The van der Waals surface area contributed by atoms with Gasteiger partial charge in [0.05, 0.1) is 5.92 Å². The van der Waals surface area contributed by atoms with Gasteiger partial charge in [0, 0.05) is 49.6 Å². The first-order valence-electron chi connectivity index (χ1n) is 14.9. The van der Waals surface area contributed by atoms with E-state index in [0.717, 1.165) is 32.1 Å². The Labute approximate surface area is 259 Å². The fourth-order valence-electron chi connectivity index (χ4n) is 4.20. The van der Waals surface area contributed by atoms with Crippen molar-refractivity contribution >= 4 is 29.7 Å². The first-order chi connectivity index (χ1) is 19.2. The van der Waals surface area contributed by atoms with Crippen molar-refractivity contribution in [3.8, 4) is 0 Å². The van der Waals surface area contributed by atoms with E-state index in [9.17, 15) is 28.0 Å². The zero-order valence-corrected chi connectivity index (χ0v) is 28.2. The second-order valence-electron chi connectivity index (χ2n) is 9.77. The summed E-state index contributed by atoms with van der Waals surface area (Å²) < 4.78 is 28.6. The number of carbonyl (C=O) groups is 3. The molecule has 3 rings (SSSR count). The normalized spacial score (nSPS) is 15.7. The second-order valence-corrected chi connectivity index (χ2v) is 9.77. The van der Waals surface area contributed by atoms with Crippen molar-refractivity contribution in [1.82, 2.24) is 10.6 Å². The summed E-state index contributed by atoms with van der Waals surface area (Å²) in [5, 5.41) is 4.56. The van der Waals surface area contributed by atoms with Crippen LogP contribution in [-0.2, 0) is 39.0 Å². The summed E-state index contributed by atoms with van der Waals surface area (Å²) in [6, 6.07) is 2.25. The number of hydrogen-bond donors (Lipinski definition) is 2. The van der Waals surface area contributed by atoms with E-state index in [1.54, 1.807) is 11.3 Å². The molecule has 2 saturated heterocycles. The Hall–Kier alpha value is -2.20. The minimum Gasteiger partial charge on any atom is -0.525 e. The molecule has 2 heterocycles. The molecule has 1 aromatic carbocycles. The van der Waals surface area contributed by atoms with Crippen LogP contribution in [0, 0.1) is 11.6 Å². The molecule has 0 saturated carbocycles. The largest absolute Gasteiger partial charge is 1.00 e. The van der Waals surface area contributed by atoms with Gasteiger partial charge >= 0.3 is 19.8 Å². The molecule has 1 radical (unpaired) electrons. The number of ketones is 1. The molecule has 41 heavy (non-hydrogen) atoms. The molecule has 2 aliphatic rings. The van der Waals surface area contributed by atoms with Crippen molar-refractivity contribution in [3.05, 3.63) is 29.3 Å². The van der Waals surface area contributed by atoms with E-state index in [-0.39, 0.29) is 44.2 Å². The molecule has 7 nitrogen and oxygen atoms in total. The van der Waals surface area contributed by atoms with Crippen LogP contribution in [0.1, 0.15) is 124 Å². The molecular weight excluding hydrogens is 707 g/mol. The molecule has 1 atom stereocenters. The Balaban J connectivity index is 0. The fourth-order valence-corrected chi connectivity index (χ4v) is 4.20. The quantitative estimate of drug-likeness (QED) is 0.110. The average Bonchev–Trinajstić information content (AvgIpc) is 2.91. The summed E-state index contributed by atoms with van der Waals surface area (Å²) in [5.41, 5.74) is 0.0372. The number of Topliss-reactive ketones (excluding diaryl/α,β-unsaturated/α-hetero) is 1. The monoisotopic (exact) mass is 758 g/mol. The molecule has 1 unspecified atom stereocenters. The van der Waals surface area contributed by atoms with Gasteiger partial charge in [-0.25, -0.2) is 8.78 Å². The number of piperidine rings is 1. The number of nitrogens with zero attached hydrogens (tertiary/aromatic N) is 1. The first-order valence-corrected chi connectivity index (χ1v) is 14.9. The van der Waals surface area contributed by atoms with Gasteiger partial charge < -0.3 is 15.0 Å². The van der Waals surface area contributed by atoms with Crippen molar-refractivity contribution in [3.63, 3.8) is 0 Å². The number of nitrogens with one attached hydrogen (secondary N) is 2. The fraction of sp³-hybridized carbons (Fsp3) is 0.677. The summed E-state index contributed by atoms with van der Waals surface area (Å²) in [7, 11) is 0. The molecule has 2 fully saturated rings. The van der Waals surface area contributed by atoms with Gasteiger partial charge in [-0.2, -0.15) is 6.41 Å². The van der Waals surface area contributed by atoms with Crippen molar-refractivity contribution in [2.24, 2.45) is 0 Å². The number of rotatable bonds is 12. The average molecular weight is 757 g/mol. The first kappa shape index (κ1) is 40.9. The Morgan fingerprint density at radius 2 is 1.49 bits per heavy atom. The Kier molecular flexibility index (Phi) is 24.4. The van der Waals surface area contributed by atoms with Gasteiger partial charge in [0.15, 0.2) is 0 Å². The molecule has 3 amide bonds. The molecule has 0 bridgehead atoms. The van der Waals surface area contributed by atoms with E-state index in [1.807, 2.05) is 20.8 Å². The SMILES string of the molecule is CC.CCCCC(=O)CCC.CCCCCC.O=[C-]NC1CN(c2cc(F)c(C3CCC(=O)NC3=O)c(F)c2)C1.[Os+]. The van der Waals surface area contributed by atoms with E-state index in [2.05, 4.69) is 31.4 Å². The van der Waals surface area contributed by atoms with Crippen LogP contribution in [0.15, 0.2) is 12.1 Å². The van der Waals surface area contributed by atoms with Crippen molar-refractivity contribution < 1.29 is 47.7 Å². The number of imide groups is 1. The summed E-state index contributed by atoms with van der Waals surface area (Å²) >= 11 is 0. The summed E-state index contributed by atoms with van der Waals surface area (Å²) in [5.74, 6) is -3.31. The molecule has 0 aliphatic carbocycles. The van der Waals surface area contributed by atoms with Gasteiger partial charge in [0.1, 0.15) is 17.4 Å². The molecule has 1 aromatic rings. The minimum absolute atomic E-state index is 0. The summed E-state index contributed by atoms with van der Waals surface area (Å²) in [4.78, 5) is 45.6. The van der Waals surface area contributed by atoms with Crippen LogP contribution in [0.2, 0.25) is 0 Å². The zero-order chi connectivity index (χ0) is 30.5. The topological polar surface area (TPSA) is 95.6 Å². The molecule has 2 aliphatic heterocycles. The van der Waals surface area contributed by atoms with E-state index in [0.29, 0.717) is 24.6 Å². The molecule has 2 N–H and O–H groups in total. The van der Waals surface area contributed by atoms with Crippen LogP contribution >= 0.6 is 0 Å². The Morgan fingerprint density at radius 1 is 0.951 bits per heavy atom. The number of halogens is 2. The maximum Gasteiger partial charge on any atom is 1.00 e. The van der Waals surface area contributed by atoms with Crippen LogP contribution in [0.4, 0.5) is 14.5 Å². The van der Waals surface area contributed by atoms with Gasteiger partial charge in [0.2, 0.25) is 11.8 Å². The summed E-state index contributed by atoms with van der Waals surface area (Å²) in [6.45, 7) is 13.5. The second kappa shape index (κ2) is 24.4. The number of carbonyl (C=O) groups excluding carboxylic acids is 4. The molecule has 235 valence electrons. The predicted molar refractivity (Wildman–Crippen MR) is 157 cm³/mol. The molecule has 0 aromatic heterocycles. The number of hydrogen-bond acceptors (Lipinski definition) is 5. The van der Waals surface area contributed by atoms with Gasteiger partial charge in [-0.1, -0.05) is 73.6 Å². The smallest absolute Gasteiger partial charge is 0.525 e. The molecule has 10 heteroatoms. The third-order valence-corrected chi connectivity index (χ3v) is 6.46. The van der Waals surface area contributed by atoms with Gasteiger partial charge in [-0.05, 0) is 31.4 Å². The number of unbranched alkanes of at least 4 members (excludes halogenated alkanes) is 4. The number of amides is 3. The van der Waals surface area contributed by atoms with Crippen LogP contribution in [0.5, 0.6) is 0 Å². The third kappa shape index (κ3) is 15.6. The van der Waals surface area contributed by atoms with Crippen LogP contribution in [0.3, 0.4) is 0 Å². The van der Waals surface area contributed by atoms with Crippen molar-refractivity contribution in [1.29, 1.82) is 0 Å². The Bertz CT molecular complexity index is 884. The van der Waals surface area contributed by atoms with E-state index >= 15 is 0 Å². The molecular formula is C31H50F2N3O4Os. The van der Waals surface area contributed by atoms with E-state index in [1.165, 1.54) is 37.8 Å². The van der Waals surface area contributed by atoms with Gasteiger partial charge in [-0.3, -0.25) is 19.7 Å². The van der Waals surface area contributed by atoms with Gasteiger partial charge in [-0.15, -0.1) is 0 Å². The molecule has 0 spiro atoms. The third-order valence-electron chi connectivity index (χ3n) is 6.46. The maximum absolute atomic E-state index is 14.3. The van der Waals surface area contributed by atoms with Crippen LogP contribution in [0.25, 0.3) is 0 Å².